The van der Waals surface area contributed by atoms with Gasteiger partial charge in [0.1, 0.15) is 6.04 Å². The fourth-order valence-corrected chi connectivity index (χ4v) is 3.39. The van der Waals surface area contributed by atoms with E-state index in [1.165, 1.54) is 10.4 Å². The lowest BCUT2D eigenvalue weighted by Gasteiger charge is -2.29. The van der Waals surface area contributed by atoms with Gasteiger partial charge in [-0.3, -0.25) is 24.6 Å². The summed E-state index contributed by atoms with van der Waals surface area (Å²) in [5.74, 6) is -3.34. The van der Waals surface area contributed by atoms with Crippen molar-refractivity contribution in [1.29, 1.82) is 0 Å². The van der Waals surface area contributed by atoms with Crippen molar-refractivity contribution < 1.29 is 24.0 Å². The molecule has 0 radical (unpaired) electrons. The molecule has 3 atom stereocenters. The van der Waals surface area contributed by atoms with Crippen LogP contribution in [0, 0.1) is 5.92 Å². The normalized spacial score (nSPS) is 18.4. The van der Waals surface area contributed by atoms with Gasteiger partial charge < -0.3 is 10.2 Å². The molecule has 1 aliphatic rings. The van der Waals surface area contributed by atoms with E-state index < -0.39 is 29.9 Å². The quantitative estimate of drug-likeness (QED) is 0.432. The van der Waals surface area contributed by atoms with Gasteiger partial charge >= 0.3 is 0 Å². The van der Waals surface area contributed by atoms with Crippen molar-refractivity contribution in [3.8, 4) is 0 Å². The Bertz CT molecular complexity index is 673. The number of alkyl halides is 1. The standard InChI is InChI=1S/C19H27FN4O4/c1-2-3-5-14(16(20)18(26)23-28)19(27)24-11-4-6-15(24)17(25)22-12-13-7-9-21-10-8-13/h7-10,14-16,28H,2-6,11-12H2,1H3,(H,22,25)(H,23,26)/t14-,15?,16-/m1/s1. The van der Waals surface area contributed by atoms with E-state index in [-0.39, 0.29) is 12.3 Å². The van der Waals surface area contributed by atoms with Gasteiger partial charge in [0.05, 0.1) is 5.92 Å². The number of rotatable bonds is 9. The number of carbonyl (C=O) groups is 3. The fourth-order valence-electron chi connectivity index (χ4n) is 3.39. The van der Waals surface area contributed by atoms with Crippen LogP contribution in [0.25, 0.3) is 0 Å². The summed E-state index contributed by atoms with van der Waals surface area (Å²) < 4.78 is 14.5. The summed E-state index contributed by atoms with van der Waals surface area (Å²) in [6.45, 7) is 2.53. The third kappa shape index (κ3) is 5.48. The number of unbranched alkanes of at least 4 members (excludes halogenated alkanes) is 1. The Morgan fingerprint density at radius 3 is 2.71 bits per heavy atom. The third-order valence-electron chi connectivity index (χ3n) is 4.95. The van der Waals surface area contributed by atoms with E-state index in [0.29, 0.717) is 32.4 Å². The fraction of sp³-hybridized carbons (Fsp3) is 0.579. The number of amides is 3. The Hall–Kier alpha value is -2.55. The van der Waals surface area contributed by atoms with Crippen molar-refractivity contribution in [3.05, 3.63) is 30.1 Å². The van der Waals surface area contributed by atoms with Gasteiger partial charge in [-0.1, -0.05) is 19.8 Å². The van der Waals surface area contributed by atoms with Gasteiger partial charge in [0.15, 0.2) is 6.17 Å². The molecule has 1 aromatic heterocycles. The maximum absolute atomic E-state index is 14.5. The molecule has 0 aliphatic carbocycles. The summed E-state index contributed by atoms with van der Waals surface area (Å²) >= 11 is 0. The Morgan fingerprint density at radius 1 is 1.36 bits per heavy atom. The number of carbonyl (C=O) groups excluding carboxylic acids is 3. The predicted octanol–water partition coefficient (Wildman–Crippen LogP) is 1.34. The smallest absolute Gasteiger partial charge is 0.278 e. The van der Waals surface area contributed by atoms with E-state index in [1.54, 1.807) is 24.5 Å². The first-order valence-electron chi connectivity index (χ1n) is 9.54. The number of pyridine rings is 1. The molecule has 1 fully saturated rings. The number of hydrogen-bond donors (Lipinski definition) is 3. The zero-order valence-corrected chi connectivity index (χ0v) is 15.9. The number of likely N-dealkylation sites (tertiary alicyclic amines) is 1. The van der Waals surface area contributed by atoms with Gasteiger partial charge in [0.2, 0.25) is 11.8 Å². The second kappa shape index (κ2) is 10.7. The van der Waals surface area contributed by atoms with E-state index >= 15 is 0 Å². The predicted molar refractivity (Wildman–Crippen MR) is 98.7 cm³/mol. The molecule has 0 aromatic carbocycles. The highest BCUT2D eigenvalue weighted by Crippen LogP contribution is 2.25. The lowest BCUT2D eigenvalue weighted by atomic mass is 9.94. The van der Waals surface area contributed by atoms with Gasteiger partial charge in [0, 0.05) is 25.5 Å². The Labute approximate surface area is 163 Å². The molecule has 3 amide bonds. The molecule has 0 saturated carbocycles. The molecule has 0 spiro atoms. The molecule has 0 bridgehead atoms. The van der Waals surface area contributed by atoms with Crippen molar-refractivity contribution in [2.45, 2.75) is 57.8 Å². The Morgan fingerprint density at radius 2 is 2.07 bits per heavy atom. The molecule has 3 N–H and O–H groups in total. The molecule has 1 aromatic rings. The van der Waals surface area contributed by atoms with Crippen molar-refractivity contribution in [2.75, 3.05) is 6.54 Å². The van der Waals surface area contributed by atoms with Crippen LogP contribution in [0.15, 0.2) is 24.5 Å². The first-order chi connectivity index (χ1) is 13.5. The molecule has 1 saturated heterocycles. The minimum absolute atomic E-state index is 0.172. The lowest BCUT2D eigenvalue weighted by molar-refractivity contribution is -0.149. The number of aromatic nitrogens is 1. The van der Waals surface area contributed by atoms with Crippen molar-refractivity contribution >= 4 is 17.7 Å². The van der Waals surface area contributed by atoms with Crippen LogP contribution in [0.5, 0.6) is 0 Å². The molecular weight excluding hydrogens is 367 g/mol. The number of nitrogens with zero attached hydrogens (tertiary/aromatic N) is 2. The van der Waals surface area contributed by atoms with E-state index in [0.717, 1.165) is 12.0 Å². The average molecular weight is 394 g/mol. The summed E-state index contributed by atoms with van der Waals surface area (Å²) in [5.41, 5.74) is 2.15. The summed E-state index contributed by atoms with van der Waals surface area (Å²) in [6.07, 6.45) is 3.66. The van der Waals surface area contributed by atoms with Crippen LogP contribution in [0.2, 0.25) is 0 Å². The molecule has 8 nitrogen and oxygen atoms in total. The molecule has 28 heavy (non-hydrogen) atoms. The minimum Gasteiger partial charge on any atom is -0.350 e. The van der Waals surface area contributed by atoms with Crippen LogP contribution in [0.4, 0.5) is 4.39 Å². The number of nitrogens with one attached hydrogen (secondary N) is 2. The van der Waals surface area contributed by atoms with E-state index in [4.69, 9.17) is 5.21 Å². The molecular formula is C19H27FN4O4. The van der Waals surface area contributed by atoms with Crippen LogP contribution >= 0.6 is 0 Å². The number of hydroxylamine groups is 1. The Balaban J connectivity index is 2.05. The second-order valence-corrected chi connectivity index (χ2v) is 6.89. The van der Waals surface area contributed by atoms with Crippen LogP contribution in [-0.4, -0.2) is 51.6 Å². The number of hydrogen-bond acceptors (Lipinski definition) is 5. The minimum atomic E-state index is -2.16. The van der Waals surface area contributed by atoms with E-state index in [1.807, 2.05) is 6.92 Å². The summed E-state index contributed by atoms with van der Waals surface area (Å²) in [7, 11) is 0. The highest BCUT2D eigenvalue weighted by atomic mass is 19.1. The molecule has 9 heteroatoms. The first kappa shape index (κ1) is 21.7. The van der Waals surface area contributed by atoms with Crippen LogP contribution in [0.1, 0.15) is 44.6 Å². The number of halogens is 1. The second-order valence-electron chi connectivity index (χ2n) is 6.89. The molecule has 154 valence electrons. The lowest BCUT2D eigenvalue weighted by Crippen LogP contribution is -2.50. The maximum atomic E-state index is 14.5. The third-order valence-corrected chi connectivity index (χ3v) is 4.95. The van der Waals surface area contributed by atoms with E-state index in [9.17, 15) is 18.8 Å². The molecule has 2 rings (SSSR count). The van der Waals surface area contributed by atoms with Crippen LogP contribution < -0.4 is 10.8 Å². The van der Waals surface area contributed by atoms with Gasteiger partial charge in [-0.25, -0.2) is 9.87 Å². The average Bonchev–Trinajstić information content (AvgIpc) is 3.22. The Kier molecular flexibility index (Phi) is 8.31. The van der Waals surface area contributed by atoms with Crippen molar-refractivity contribution in [2.24, 2.45) is 5.92 Å². The molecule has 1 aliphatic heterocycles. The van der Waals surface area contributed by atoms with Gasteiger partial charge in [-0.2, -0.15) is 0 Å². The van der Waals surface area contributed by atoms with Gasteiger partial charge in [0.25, 0.3) is 5.91 Å². The monoisotopic (exact) mass is 394 g/mol. The van der Waals surface area contributed by atoms with Gasteiger partial charge in [-0.15, -0.1) is 0 Å². The summed E-state index contributed by atoms with van der Waals surface area (Å²) in [6, 6.07) is 2.86. The topological polar surface area (TPSA) is 112 Å². The first-order valence-corrected chi connectivity index (χ1v) is 9.54. The van der Waals surface area contributed by atoms with Gasteiger partial charge in [-0.05, 0) is 37.0 Å². The SMILES string of the molecule is CCCC[C@@H](C(=O)N1CCCC1C(=O)NCc1ccncc1)[C@@H](F)C(=O)NO. The molecule has 2 heterocycles. The summed E-state index contributed by atoms with van der Waals surface area (Å²) in [4.78, 5) is 42.3. The van der Waals surface area contributed by atoms with Crippen LogP contribution in [0.3, 0.4) is 0 Å². The highest BCUT2D eigenvalue weighted by molar-refractivity contribution is 5.92. The van der Waals surface area contributed by atoms with Crippen molar-refractivity contribution in [1.82, 2.24) is 20.7 Å². The van der Waals surface area contributed by atoms with E-state index in [2.05, 4.69) is 10.3 Å². The highest BCUT2D eigenvalue weighted by Gasteiger charge is 2.41. The van der Waals surface area contributed by atoms with Crippen LogP contribution in [-0.2, 0) is 20.9 Å². The summed E-state index contributed by atoms with van der Waals surface area (Å²) in [5, 5.41) is 11.5. The zero-order valence-electron chi connectivity index (χ0n) is 15.9. The molecule has 1 unspecified atom stereocenters. The zero-order chi connectivity index (χ0) is 20.5. The largest absolute Gasteiger partial charge is 0.350 e. The maximum Gasteiger partial charge on any atom is 0.278 e. The van der Waals surface area contributed by atoms with Crippen molar-refractivity contribution in [3.63, 3.8) is 0 Å².